The maximum atomic E-state index is 13.1. The van der Waals surface area contributed by atoms with Crippen molar-refractivity contribution in [1.29, 1.82) is 0 Å². The number of nitrogens with zero attached hydrogens (tertiary/aromatic N) is 2. The lowest BCUT2D eigenvalue weighted by Crippen LogP contribution is -2.42. The van der Waals surface area contributed by atoms with Crippen LogP contribution < -0.4 is 0 Å². The summed E-state index contributed by atoms with van der Waals surface area (Å²) in [5, 5.41) is 10.3. The normalized spacial score (nSPS) is 27.3. The van der Waals surface area contributed by atoms with Gasteiger partial charge in [0, 0.05) is 18.1 Å². The van der Waals surface area contributed by atoms with E-state index in [-0.39, 0.29) is 11.8 Å². The van der Waals surface area contributed by atoms with Gasteiger partial charge in [-0.1, -0.05) is 30.2 Å². The van der Waals surface area contributed by atoms with Crippen molar-refractivity contribution in [2.45, 2.75) is 25.3 Å². The fourth-order valence-corrected chi connectivity index (χ4v) is 4.52. The van der Waals surface area contributed by atoms with Crippen LogP contribution in [0.2, 0.25) is 5.02 Å². The van der Waals surface area contributed by atoms with Gasteiger partial charge in [0.25, 0.3) is 0 Å². The van der Waals surface area contributed by atoms with E-state index in [0.29, 0.717) is 24.5 Å². The number of amides is 1. The second kappa shape index (κ2) is 6.37. The van der Waals surface area contributed by atoms with Gasteiger partial charge in [-0.15, -0.1) is 0 Å². The van der Waals surface area contributed by atoms with Crippen LogP contribution in [0.3, 0.4) is 0 Å². The average molecular weight is 351 g/mol. The molecule has 0 aromatic heterocycles. The minimum absolute atomic E-state index is 0.0442. The SMILES string of the molecule is CN(C)C(C(=O)N1C[C@@H]2CCC[C@@]2(C(=O)O)C1)c1cccc(Cl)c1. The number of aliphatic carboxylic acids is 1. The number of carboxylic acid groups (broad SMARTS) is 1. The number of likely N-dealkylation sites (N-methyl/N-ethyl adjacent to an activating group) is 1. The molecule has 1 unspecified atom stereocenters. The van der Waals surface area contributed by atoms with E-state index in [9.17, 15) is 14.7 Å². The zero-order chi connectivity index (χ0) is 17.5. The van der Waals surface area contributed by atoms with Crippen molar-refractivity contribution >= 4 is 23.5 Å². The minimum Gasteiger partial charge on any atom is -0.481 e. The molecule has 3 rings (SSSR count). The fourth-order valence-electron chi connectivity index (χ4n) is 4.32. The van der Waals surface area contributed by atoms with Crippen LogP contribution in [0, 0.1) is 11.3 Å². The highest BCUT2D eigenvalue weighted by molar-refractivity contribution is 6.30. The van der Waals surface area contributed by atoms with Gasteiger partial charge >= 0.3 is 5.97 Å². The van der Waals surface area contributed by atoms with Gasteiger partial charge in [-0.2, -0.15) is 0 Å². The molecule has 2 fully saturated rings. The maximum Gasteiger partial charge on any atom is 0.311 e. The molecule has 2 aliphatic rings. The zero-order valence-corrected chi connectivity index (χ0v) is 14.8. The molecule has 1 amide bonds. The van der Waals surface area contributed by atoms with Crippen LogP contribution in [-0.4, -0.2) is 54.0 Å². The molecule has 1 N–H and O–H groups in total. The summed E-state index contributed by atoms with van der Waals surface area (Å²) >= 11 is 6.08. The molecular weight excluding hydrogens is 328 g/mol. The number of hydrogen-bond donors (Lipinski definition) is 1. The monoisotopic (exact) mass is 350 g/mol. The highest BCUT2D eigenvalue weighted by atomic mass is 35.5. The van der Waals surface area contributed by atoms with Crippen molar-refractivity contribution < 1.29 is 14.7 Å². The van der Waals surface area contributed by atoms with Gasteiger partial charge < -0.3 is 10.0 Å². The van der Waals surface area contributed by atoms with Gasteiger partial charge in [-0.25, -0.2) is 0 Å². The Morgan fingerprint density at radius 3 is 2.75 bits per heavy atom. The number of halogens is 1. The predicted octanol–water partition coefficient (Wildman–Crippen LogP) is 2.66. The smallest absolute Gasteiger partial charge is 0.311 e. The third-order valence-electron chi connectivity index (χ3n) is 5.52. The van der Waals surface area contributed by atoms with Crippen molar-refractivity contribution in [2.24, 2.45) is 11.3 Å². The standard InChI is InChI=1S/C18H23ClN2O3/c1-20(2)15(12-5-3-7-14(19)9-12)16(22)21-10-13-6-4-8-18(13,11-21)17(23)24/h3,5,7,9,13,15H,4,6,8,10-11H2,1-2H3,(H,23,24)/t13-,15?,18+/m0/s1. The Hall–Kier alpha value is -1.59. The number of carbonyl (C=O) groups excluding carboxylic acids is 1. The quantitative estimate of drug-likeness (QED) is 0.906. The number of likely N-dealkylation sites (tertiary alicyclic amines) is 1. The van der Waals surface area contributed by atoms with E-state index in [1.807, 2.05) is 31.1 Å². The molecule has 1 aliphatic heterocycles. The second-order valence-corrected chi connectivity index (χ2v) is 7.63. The lowest BCUT2D eigenvalue weighted by molar-refractivity contribution is -0.149. The zero-order valence-electron chi connectivity index (χ0n) is 14.0. The molecule has 0 spiro atoms. The third-order valence-corrected chi connectivity index (χ3v) is 5.76. The Balaban J connectivity index is 1.86. The van der Waals surface area contributed by atoms with E-state index < -0.39 is 17.4 Å². The van der Waals surface area contributed by atoms with Gasteiger partial charge in [0.05, 0.1) is 5.41 Å². The summed E-state index contributed by atoms with van der Waals surface area (Å²) in [7, 11) is 3.71. The van der Waals surface area contributed by atoms with Crippen molar-refractivity contribution in [3.8, 4) is 0 Å². The number of rotatable bonds is 4. The average Bonchev–Trinajstić information content (AvgIpc) is 3.04. The second-order valence-electron chi connectivity index (χ2n) is 7.19. The molecule has 6 heteroatoms. The highest BCUT2D eigenvalue weighted by Gasteiger charge is 2.56. The van der Waals surface area contributed by atoms with E-state index in [2.05, 4.69) is 0 Å². The molecule has 1 aromatic carbocycles. The van der Waals surface area contributed by atoms with E-state index in [4.69, 9.17) is 11.6 Å². The molecule has 0 radical (unpaired) electrons. The minimum atomic E-state index is -0.760. The van der Waals surface area contributed by atoms with Gasteiger partial charge in [-0.05, 0) is 50.6 Å². The number of fused-ring (bicyclic) bond motifs is 1. The number of benzene rings is 1. The van der Waals surface area contributed by atoms with Crippen molar-refractivity contribution in [3.05, 3.63) is 34.9 Å². The first kappa shape index (κ1) is 17.2. The van der Waals surface area contributed by atoms with Gasteiger partial charge in [-0.3, -0.25) is 14.5 Å². The van der Waals surface area contributed by atoms with Crippen LogP contribution in [0.1, 0.15) is 30.9 Å². The number of hydrogen-bond acceptors (Lipinski definition) is 3. The first-order chi connectivity index (χ1) is 11.3. The Bertz CT molecular complexity index is 663. The van der Waals surface area contributed by atoms with E-state index in [0.717, 1.165) is 18.4 Å². The van der Waals surface area contributed by atoms with Gasteiger partial charge in [0.1, 0.15) is 6.04 Å². The van der Waals surface area contributed by atoms with Gasteiger partial charge in [0.15, 0.2) is 0 Å². The summed E-state index contributed by atoms with van der Waals surface area (Å²) in [5.74, 6) is -0.733. The lowest BCUT2D eigenvalue weighted by atomic mass is 9.81. The largest absolute Gasteiger partial charge is 0.481 e. The summed E-state index contributed by atoms with van der Waals surface area (Å²) < 4.78 is 0. The molecule has 0 bridgehead atoms. The van der Waals surface area contributed by atoms with Crippen LogP contribution in [0.25, 0.3) is 0 Å². The van der Waals surface area contributed by atoms with Crippen LogP contribution >= 0.6 is 11.6 Å². The molecule has 130 valence electrons. The summed E-state index contributed by atoms with van der Waals surface area (Å²) in [6, 6.07) is 6.85. The summed E-state index contributed by atoms with van der Waals surface area (Å²) in [4.78, 5) is 28.6. The van der Waals surface area contributed by atoms with Crippen LogP contribution in [-0.2, 0) is 9.59 Å². The molecule has 1 aliphatic carbocycles. The van der Waals surface area contributed by atoms with Crippen LogP contribution in [0.4, 0.5) is 0 Å². The first-order valence-corrected chi connectivity index (χ1v) is 8.67. The molecule has 1 saturated heterocycles. The van der Waals surface area contributed by atoms with Crippen molar-refractivity contribution in [2.75, 3.05) is 27.2 Å². The maximum absolute atomic E-state index is 13.1. The summed E-state index contributed by atoms with van der Waals surface area (Å²) in [6.45, 7) is 0.854. The van der Waals surface area contributed by atoms with E-state index in [1.165, 1.54) is 0 Å². The molecule has 24 heavy (non-hydrogen) atoms. The molecular formula is C18H23ClN2O3. The topological polar surface area (TPSA) is 60.9 Å². The summed E-state index contributed by atoms with van der Waals surface area (Å²) in [6.07, 6.45) is 2.49. The Labute approximate surface area is 147 Å². The Morgan fingerprint density at radius 1 is 1.42 bits per heavy atom. The number of carbonyl (C=O) groups is 2. The molecule has 3 atom stereocenters. The lowest BCUT2D eigenvalue weighted by Gasteiger charge is -2.30. The molecule has 1 heterocycles. The highest BCUT2D eigenvalue weighted by Crippen LogP contribution is 2.49. The van der Waals surface area contributed by atoms with Crippen molar-refractivity contribution in [3.63, 3.8) is 0 Å². The number of carboxylic acids is 1. The predicted molar refractivity (Wildman–Crippen MR) is 91.9 cm³/mol. The Kier molecular flexibility index (Phi) is 4.58. The van der Waals surface area contributed by atoms with E-state index >= 15 is 0 Å². The molecule has 5 nitrogen and oxygen atoms in total. The first-order valence-electron chi connectivity index (χ1n) is 8.29. The molecule has 1 aromatic rings. The van der Waals surface area contributed by atoms with Crippen molar-refractivity contribution in [1.82, 2.24) is 9.80 Å². The molecule has 1 saturated carbocycles. The summed E-state index contributed by atoms with van der Waals surface area (Å²) in [5.41, 5.74) is 0.0832. The van der Waals surface area contributed by atoms with Gasteiger partial charge in [0.2, 0.25) is 5.91 Å². The third kappa shape index (κ3) is 2.80. The van der Waals surface area contributed by atoms with Crippen LogP contribution in [0.5, 0.6) is 0 Å². The Morgan fingerprint density at radius 2 is 2.17 bits per heavy atom. The van der Waals surface area contributed by atoms with E-state index in [1.54, 1.807) is 17.0 Å². The fraction of sp³-hybridized carbons (Fsp3) is 0.556. The van der Waals surface area contributed by atoms with Crippen LogP contribution in [0.15, 0.2) is 24.3 Å².